The summed E-state index contributed by atoms with van der Waals surface area (Å²) in [5.41, 5.74) is 7.32. The third-order valence-electron chi connectivity index (χ3n) is 5.77. The summed E-state index contributed by atoms with van der Waals surface area (Å²) in [5.74, 6) is 2.26. The highest BCUT2D eigenvalue weighted by atomic mass is 32.1. The van der Waals surface area contributed by atoms with E-state index in [9.17, 15) is 0 Å². The number of nitrogens with zero attached hydrogens (tertiary/aromatic N) is 5. The molecule has 1 fully saturated rings. The van der Waals surface area contributed by atoms with Crippen molar-refractivity contribution in [1.82, 2.24) is 23.8 Å². The van der Waals surface area contributed by atoms with Gasteiger partial charge in [0.15, 0.2) is 11.5 Å². The molecule has 3 aromatic rings. The van der Waals surface area contributed by atoms with Crippen LogP contribution in [0.25, 0.3) is 5.95 Å². The van der Waals surface area contributed by atoms with Crippen LogP contribution in [0.5, 0.6) is 11.5 Å². The van der Waals surface area contributed by atoms with E-state index >= 15 is 0 Å². The van der Waals surface area contributed by atoms with Gasteiger partial charge in [-0.2, -0.15) is 4.37 Å². The van der Waals surface area contributed by atoms with E-state index in [1.54, 1.807) is 12.5 Å². The van der Waals surface area contributed by atoms with Crippen molar-refractivity contribution in [2.45, 2.75) is 37.8 Å². The lowest BCUT2D eigenvalue weighted by Gasteiger charge is -2.30. The fourth-order valence-corrected chi connectivity index (χ4v) is 4.81. The Balaban J connectivity index is 1.27. The zero-order chi connectivity index (χ0) is 19.8. The Bertz CT molecular complexity index is 987. The molecule has 5 rings (SSSR count). The van der Waals surface area contributed by atoms with E-state index < -0.39 is 5.54 Å². The second-order valence-electron chi connectivity index (χ2n) is 7.83. The summed E-state index contributed by atoms with van der Waals surface area (Å²) >= 11 is 1.48. The second-order valence-corrected chi connectivity index (χ2v) is 8.62. The van der Waals surface area contributed by atoms with Crippen LogP contribution in [-0.2, 0) is 5.54 Å². The predicted molar refractivity (Wildman–Crippen MR) is 109 cm³/mol. The molecule has 2 atom stereocenters. The van der Waals surface area contributed by atoms with Gasteiger partial charge in [-0.25, -0.2) is 9.97 Å². The number of hydrogen-bond donors (Lipinski definition) is 1. The zero-order valence-corrected chi connectivity index (χ0v) is 17.1. The van der Waals surface area contributed by atoms with Gasteiger partial charge in [-0.15, -0.1) is 0 Å². The summed E-state index contributed by atoms with van der Waals surface area (Å²) in [6.45, 7) is 4.32. The summed E-state index contributed by atoms with van der Waals surface area (Å²) in [5, 5.41) is 1.06. The highest BCUT2D eigenvalue weighted by molar-refractivity contribution is 7.05. The summed E-state index contributed by atoms with van der Waals surface area (Å²) in [4.78, 5) is 11.3. The summed E-state index contributed by atoms with van der Waals surface area (Å²) in [6, 6.07) is 6.29. The quantitative estimate of drug-likeness (QED) is 0.666. The first kappa shape index (κ1) is 18.5. The SMILES string of the molecule is CC(N)(CCN1CCCC1c1nc(-n2ccnc2)ns1)c1ccc2c(c1)OCO2. The van der Waals surface area contributed by atoms with E-state index in [4.69, 9.17) is 20.2 Å². The zero-order valence-electron chi connectivity index (χ0n) is 16.3. The van der Waals surface area contributed by atoms with Gasteiger partial charge in [-0.1, -0.05) is 6.07 Å². The van der Waals surface area contributed by atoms with Gasteiger partial charge in [0, 0.05) is 24.5 Å². The molecule has 1 aromatic carbocycles. The van der Waals surface area contributed by atoms with Crippen molar-refractivity contribution < 1.29 is 9.47 Å². The van der Waals surface area contributed by atoms with E-state index in [0.29, 0.717) is 12.0 Å². The summed E-state index contributed by atoms with van der Waals surface area (Å²) in [6.07, 6.45) is 8.43. The van der Waals surface area contributed by atoms with Crippen LogP contribution in [0, 0.1) is 0 Å². The van der Waals surface area contributed by atoms with Gasteiger partial charge in [0.25, 0.3) is 0 Å². The first-order valence-electron chi connectivity index (χ1n) is 9.85. The van der Waals surface area contributed by atoms with E-state index in [0.717, 1.165) is 54.4 Å². The number of hydrogen-bond acceptors (Lipinski definition) is 8. The van der Waals surface area contributed by atoms with Crippen molar-refractivity contribution in [2.75, 3.05) is 19.9 Å². The van der Waals surface area contributed by atoms with Gasteiger partial charge in [-0.3, -0.25) is 9.47 Å². The number of imidazole rings is 1. The molecular formula is C20H24N6O2S. The fraction of sp³-hybridized carbons (Fsp3) is 0.450. The van der Waals surface area contributed by atoms with Crippen LogP contribution < -0.4 is 15.2 Å². The van der Waals surface area contributed by atoms with Crippen molar-refractivity contribution in [3.8, 4) is 17.4 Å². The lowest BCUT2D eigenvalue weighted by molar-refractivity contribution is 0.174. The average Bonchev–Trinajstić information content (AvgIpc) is 3.52. The minimum Gasteiger partial charge on any atom is -0.454 e. The Labute approximate surface area is 173 Å². The van der Waals surface area contributed by atoms with Crippen LogP contribution in [0.4, 0.5) is 0 Å². The maximum atomic E-state index is 6.70. The second kappa shape index (κ2) is 7.40. The van der Waals surface area contributed by atoms with Crippen LogP contribution in [0.15, 0.2) is 36.9 Å². The molecule has 2 aliphatic heterocycles. The Hall–Kier alpha value is -2.49. The smallest absolute Gasteiger partial charge is 0.246 e. The number of fused-ring (bicyclic) bond motifs is 1. The molecular weight excluding hydrogens is 388 g/mol. The molecule has 1 saturated heterocycles. The van der Waals surface area contributed by atoms with Crippen LogP contribution in [0.1, 0.15) is 42.8 Å². The first-order valence-corrected chi connectivity index (χ1v) is 10.6. The minimum atomic E-state index is -0.447. The van der Waals surface area contributed by atoms with Crippen LogP contribution in [-0.4, -0.2) is 43.7 Å². The van der Waals surface area contributed by atoms with Gasteiger partial charge in [-0.05, 0) is 62.0 Å². The van der Waals surface area contributed by atoms with Crippen molar-refractivity contribution in [3.05, 3.63) is 47.5 Å². The number of ether oxygens (including phenoxy) is 2. The van der Waals surface area contributed by atoms with E-state index in [-0.39, 0.29) is 6.79 Å². The summed E-state index contributed by atoms with van der Waals surface area (Å²) < 4.78 is 17.3. The Morgan fingerprint density at radius 2 is 2.21 bits per heavy atom. The van der Waals surface area contributed by atoms with Crippen LogP contribution in [0.2, 0.25) is 0 Å². The maximum Gasteiger partial charge on any atom is 0.246 e. The lowest BCUT2D eigenvalue weighted by Crippen LogP contribution is -2.37. The summed E-state index contributed by atoms with van der Waals surface area (Å²) in [7, 11) is 0. The highest BCUT2D eigenvalue weighted by Gasteiger charge is 2.32. The predicted octanol–water partition coefficient (Wildman–Crippen LogP) is 2.85. The first-order chi connectivity index (χ1) is 14.1. The maximum absolute atomic E-state index is 6.70. The van der Waals surface area contributed by atoms with Gasteiger partial charge in [0.1, 0.15) is 11.3 Å². The van der Waals surface area contributed by atoms with E-state index in [2.05, 4.69) is 21.2 Å². The molecule has 0 bridgehead atoms. The van der Waals surface area contributed by atoms with Gasteiger partial charge < -0.3 is 15.2 Å². The molecule has 2 unspecified atom stereocenters. The van der Waals surface area contributed by atoms with E-state index in [1.807, 2.05) is 29.0 Å². The van der Waals surface area contributed by atoms with Crippen LogP contribution >= 0.6 is 11.5 Å². The number of aromatic nitrogens is 4. The van der Waals surface area contributed by atoms with Gasteiger partial charge in [0.05, 0.1) is 6.04 Å². The van der Waals surface area contributed by atoms with Gasteiger partial charge in [0.2, 0.25) is 12.7 Å². The molecule has 29 heavy (non-hydrogen) atoms. The van der Waals surface area contributed by atoms with Crippen molar-refractivity contribution in [3.63, 3.8) is 0 Å². The molecule has 8 nitrogen and oxygen atoms in total. The Morgan fingerprint density at radius 1 is 1.31 bits per heavy atom. The van der Waals surface area contributed by atoms with Crippen molar-refractivity contribution in [2.24, 2.45) is 5.73 Å². The molecule has 152 valence electrons. The molecule has 2 N–H and O–H groups in total. The average molecular weight is 413 g/mol. The normalized spacial score (nSPS) is 20.8. The van der Waals surface area contributed by atoms with Crippen molar-refractivity contribution in [1.29, 1.82) is 0 Å². The number of likely N-dealkylation sites (tertiary alicyclic amines) is 1. The molecule has 0 spiro atoms. The molecule has 0 radical (unpaired) electrons. The van der Waals surface area contributed by atoms with Crippen LogP contribution in [0.3, 0.4) is 0 Å². The van der Waals surface area contributed by atoms with Crippen molar-refractivity contribution >= 4 is 11.5 Å². The standard InChI is InChI=1S/C20H24N6O2S/c1-20(21,14-4-5-16-17(11-14)28-13-27-16)6-9-25-8-2-3-15(25)18-23-19(24-29-18)26-10-7-22-12-26/h4-5,7,10-12,15H,2-3,6,8-9,13,21H2,1H3. The number of rotatable bonds is 6. The van der Waals surface area contributed by atoms with E-state index in [1.165, 1.54) is 11.5 Å². The minimum absolute atomic E-state index is 0.276. The van der Waals surface area contributed by atoms with Gasteiger partial charge >= 0.3 is 0 Å². The number of nitrogens with two attached hydrogens (primary N) is 1. The molecule has 0 aliphatic carbocycles. The third-order valence-corrected chi connectivity index (χ3v) is 6.57. The molecule has 0 saturated carbocycles. The topological polar surface area (TPSA) is 91.3 Å². The fourth-order valence-electron chi connectivity index (χ4n) is 3.99. The number of benzene rings is 1. The molecule has 9 heteroatoms. The largest absolute Gasteiger partial charge is 0.454 e. The molecule has 4 heterocycles. The lowest BCUT2D eigenvalue weighted by atomic mass is 9.89. The monoisotopic (exact) mass is 412 g/mol. The highest BCUT2D eigenvalue weighted by Crippen LogP contribution is 2.37. The molecule has 2 aromatic heterocycles. The molecule has 2 aliphatic rings. The third kappa shape index (κ3) is 3.61. The Morgan fingerprint density at radius 3 is 3.07 bits per heavy atom. The Kier molecular flexibility index (Phi) is 4.73. The molecule has 0 amide bonds.